The van der Waals surface area contributed by atoms with Crippen LogP contribution in [0.15, 0.2) is 0 Å². The molecule has 154 valence electrons. The number of unbranched alkanes of at least 4 members (excludes halogenated alkanes) is 7. The molecule has 0 heterocycles. The highest BCUT2D eigenvalue weighted by Gasteiger charge is 2.12. The lowest BCUT2D eigenvalue weighted by molar-refractivity contribution is -0.145. The Kier molecular flexibility index (Phi) is 18.3. The maximum absolute atomic E-state index is 11.9. The molecule has 0 aliphatic heterocycles. The second-order valence-corrected chi connectivity index (χ2v) is 7.74. The molecule has 0 radical (unpaired) electrons. The number of Topliss-reactive ketones (excluding diaryl/α,β-unsaturated/α-hetero) is 1. The van der Waals surface area contributed by atoms with Crippen LogP contribution in [0.4, 0.5) is 0 Å². The number of hydrogen-bond donors (Lipinski definition) is 0. The van der Waals surface area contributed by atoms with Crippen LogP contribution in [0.3, 0.4) is 0 Å². The zero-order valence-corrected chi connectivity index (χ0v) is 17.8. The molecule has 0 aromatic rings. The highest BCUT2D eigenvalue weighted by molar-refractivity contribution is 5.79. The lowest BCUT2D eigenvalue weighted by atomic mass is 9.96. The molecule has 0 amide bonds. The van der Waals surface area contributed by atoms with E-state index >= 15 is 0 Å². The third-order valence-electron chi connectivity index (χ3n) is 5.06. The van der Waals surface area contributed by atoms with Crippen molar-refractivity contribution in [2.75, 3.05) is 6.61 Å². The summed E-state index contributed by atoms with van der Waals surface area (Å²) in [6, 6.07) is 0. The van der Waals surface area contributed by atoms with Crippen LogP contribution < -0.4 is 0 Å². The van der Waals surface area contributed by atoms with Crippen molar-refractivity contribution >= 4 is 11.8 Å². The van der Waals surface area contributed by atoms with Crippen LogP contribution in [0.2, 0.25) is 0 Å². The van der Waals surface area contributed by atoms with Crippen LogP contribution >= 0.6 is 0 Å². The Hall–Kier alpha value is -0.860. The van der Waals surface area contributed by atoms with Gasteiger partial charge in [-0.25, -0.2) is 0 Å². The predicted molar refractivity (Wildman–Crippen MR) is 110 cm³/mol. The smallest absolute Gasteiger partial charge is 0.305 e. The second kappa shape index (κ2) is 18.9. The van der Waals surface area contributed by atoms with Gasteiger partial charge in [-0.05, 0) is 31.6 Å². The molecule has 3 nitrogen and oxygen atoms in total. The molecule has 0 aromatic carbocycles. The topological polar surface area (TPSA) is 43.4 Å². The van der Waals surface area contributed by atoms with Crippen LogP contribution in [-0.4, -0.2) is 18.4 Å². The van der Waals surface area contributed by atoms with E-state index in [1.54, 1.807) is 0 Å². The molecule has 0 fully saturated rings. The van der Waals surface area contributed by atoms with Gasteiger partial charge in [0.2, 0.25) is 0 Å². The molecule has 0 rings (SSSR count). The van der Waals surface area contributed by atoms with Gasteiger partial charge in [-0.2, -0.15) is 0 Å². The molecule has 1 atom stereocenters. The van der Waals surface area contributed by atoms with E-state index < -0.39 is 0 Å². The summed E-state index contributed by atoms with van der Waals surface area (Å²) < 4.78 is 5.50. The molecule has 0 aromatic heterocycles. The van der Waals surface area contributed by atoms with Crippen molar-refractivity contribution in [3.05, 3.63) is 0 Å². The molecule has 1 unspecified atom stereocenters. The molecular formula is C23H44O3. The highest BCUT2D eigenvalue weighted by atomic mass is 16.5. The molecule has 0 N–H and O–H groups in total. The third-order valence-corrected chi connectivity index (χ3v) is 5.06. The molecule has 0 saturated heterocycles. The van der Waals surface area contributed by atoms with Crippen LogP contribution in [0.25, 0.3) is 0 Å². The van der Waals surface area contributed by atoms with Gasteiger partial charge >= 0.3 is 5.97 Å². The van der Waals surface area contributed by atoms with Gasteiger partial charge in [0.25, 0.3) is 0 Å². The summed E-state index contributed by atoms with van der Waals surface area (Å²) in [5.74, 6) is 0.681. The minimum Gasteiger partial charge on any atom is -0.465 e. The number of carbonyl (C=O) groups is 2. The summed E-state index contributed by atoms with van der Waals surface area (Å²) in [6.07, 6.45) is 16.6. The van der Waals surface area contributed by atoms with Gasteiger partial charge in [0, 0.05) is 19.3 Å². The monoisotopic (exact) mass is 368 g/mol. The Morgan fingerprint density at radius 1 is 0.654 bits per heavy atom. The van der Waals surface area contributed by atoms with Crippen LogP contribution in [-0.2, 0) is 14.3 Å². The van der Waals surface area contributed by atoms with E-state index in [0.717, 1.165) is 19.3 Å². The normalized spacial score (nSPS) is 12.1. The zero-order chi connectivity index (χ0) is 19.5. The van der Waals surface area contributed by atoms with Crippen molar-refractivity contribution in [3.8, 4) is 0 Å². The summed E-state index contributed by atoms with van der Waals surface area (Å²) in [7, 11) is 0. The lowest BCUT2D eigenvalue weighted by Crippen LogP contribution is -2.15. The minimum absolute atomic E-state index is 0.126. The fourth-order valence-corrected chi connectivity index (χ4v) is 3.25. The predicted octanol–water partition coefficient (Wildman–Crippen LogP) is 7.02. The van der Waals surface area contributed by atoms with Crippen molar-refractivity contribution in [3.63, 3.8) is 0 Å². The first-order valence-electron chi connectivity index (χ1n) is 11.3. The third kappa shape index (κ3) is 16.6. The van der Waals surface area contributed by atoms with E-state index in [1.807, 2.05) is 0 Å². The Labute approximate surface area is 162 Å². The van der Waals surface area contributed by atoms with Gasteiger partial charge in [0.15, 0.2) is 0 Å². The summed E-state index contributed by atoms with van der Waals surface area (Å²) in [6.45, 7) is 7.17. The van der Waals surface area contributed by atoms with Crippen molar-refractivity contribution < 1.29 is 14.3 Å². The van der Waals surface area contributed by atoms with Crippen molar-refractivity contribution in [2.45, 2.75) is 124 Å². The van der Waals surface area contributed by atoms with Gasteiger partial charge in [-0.1, -0.05) is 78.6 Å². The largest absolute Gasteiger partial charge is 0.465 e. The molecule has 0 aliphatic rings. The maximum Gasteiger partial charge on any atom is 0.305 e. The van der Waals surface area contributed by atoms with Crippen LogP contribution in [0.1, 0.15) is 124 Å². The van der Waals surface area contributed by atoms with Crippen molar-refractivity contribution in [1.29, 1.82) is 0 Å². The fourth-order valence-electron chi connectivity index (χ4n) is 3.25. The zero-order valence-electron chi connectivity index (χ0n) is 17.8. The molecule has 0 saturated carbocycles. The number of ether oxygens (including phenoxy) is 1. The van der Waals surface area contributed by atoms with Gasteiger partial charge in [-0.3, -0.25) is 9.59 Å². The first kappa shape index (κ1) is 25.1. The molecule has 3 heteroatoms. The lowest BCUT2D eigenvalue weighted by Gasteiger charge is -2.16. The Bertz CT molecular complexity index is 338. The number of carbonyl (C=O) groups excluding carboxylic acids is 2. The Morgan fingerprint density at radius 3 is 1.88 bits per heavy atom. The quantitative estimate of drug-likeness (QED) is 0.182. The van der Waals surface area contributed by atoms with Gasteiger partial charge in [-0.15, -0.1) is 0 Å². The second-order valence-electron chi connectivity index (χ2n) is 7.74. The molecule has 0 bridgehead atoms. The Morgan fingerprint density at radius 2 is 1.23 bits per heavy atom. The number of hydrogen-bond acceptors (Lipinski definition) is 3. The molecule has 0 aliphatic carbocycles. The molecular weight excluding hydrogens is 324 g/mol. The Balaban J connectivity index is 3.83. The van der Waals surface area contributed by atoms with Gasteiger partial charge in [0.1, 0.15) is 5.78 Å². The van der Waals surface area contributed by atoms with Crippen molar-refractivity contribution in [1.82, 2.24) is 0 Å². The maximum atomic E-state index is 11.9. The summed E-state index contributed by atoms with van der Waals surface area (Å²) >= 11 is 0. The van der Waals surface area contributed by atoms with Crippen LogP contribution in [0.5, 0.6) is 0 Å². The van der Waals surface area contributed by atoms with Gasteiger partial charge in [0.05, 0.1) is 6.61 Å². The number of ketones is 1. The average molecular weight is 369 g/mol. The minimum atomic E-state index is -0.126. The fraction of sp³-hybridized carbons (Fsp3) is 0.913. The number of rotatable bonds is 19. The molecule has 0 spiro atoms. The first-order chi connectivity index (χ1) is 12.6. The van der Waals surface area contributed by atoms with E-state index in [-0.39, 0.29) is 5.97 Å². The highest BCUT2D eigenvalue weighted by Crippen LogP contribution is 2.18. The summed E-state index contributed by atoms with van der Waals surface area (Å²) in [4.78, 5) is 23.7. The van der Waals surface area contributed by atoms with Crippen LogP contribution in [0, 0.1) is 5.92 Å². The summed E-state index contributed by atoms with van der Waals surface area (Å²) in [5.41, 5.74) is 0. The first-order valence-corrected chi connectivity index (χ1v) is 11.3. The van der Waals surface area contributed by atoms with Crippen molar-refractivity contribution in [2.24, 2.45) is 5.92 Å². The average Bonchev–Trinajstić information content (AvgIpc) is 2.64. The summed E-state index contributed by atoms with van der Waals surface area (Å²) in [5, 5.41) is 0. The number of esters is 1. The van der Waals surface area contributed by atoms with E-state index in [2.05, 4.69) is 20.8 Å². The standard InChI is InChI=1S/C23H44O3/c1-4-7-10-12-16-21(15-9-6-3)20-26-23(25)19-14-18-22(24)17-13-11-8-5-2/h21H,4-20H2,1-3H3. The molecule has 26 heavy (non-hydrogen) atoms. The SMILES string of the molecule is CCCCCCC(=O)CCCC(=O)OCC(CCCC)CCCCCC. The van der Waals surface area contributed by atoms with E-state index in [1.165, 1.54) is 57.8 Å². The van der Waals surface area contributed by atoms with E-state index in [4.69, 9.17) is 4.74 Å². The van der Waals surface area contributed by atoms with E-state index in [0.29, 0.717) is 44.0 Å². The van der Waals surface area contributed by atoms with Gasteiger partial charge < -0.3 is 4.74 Å². The van der Waals surface area contributed by atoms with E-state index in [9.17, 15) is 9.59 Å².